The SMILES string of the molecule is CCOC(=O)[C@@]1(C)C[C@H]2CC(=O)C[C@H]2C1. The van der Waals surface area contributed by atoms with Crippen molar-refractivity contribution in [2.75, 3.05) is 6.61 Å². The fraction of sp³-hybridized carbons (Fsp3) is 0.833. The van der Waals surface area contributed by atoms with Crippen molar-refractivity contribution < 1.29 is 14.3 Å². The third-order valence-electron chi connectivity index (χ3n) is 3.84. The highest BCUT2D eigenvalue weighted by Crippen LogP contribution is 2.52. The zero-order chi connectivity index (χ0) is 11.1. The minimum atomic E-state index is -0.327. The van der Waals surface area contributed by atoms with E-state index in [4.69, 9.17) is 4.74 Å². The van der Waals surface area contributed by atoms with Crippen LogP contribution in [-0.4, -0.2) is 18.4 Å². The second-order valence-electron chi connectivity index (χ2n) is 5.16. The average molecular weight is 210 g/mol. The van der Waals surface area contributed by atoms with Crippen LogP contribution < -0.4 is 0 Å². The largest absolute Gasteiger partial charge is 0.466 e. The van der Waals surface area contributed by atoms with Gasteiger partial charge in [0.15, 0.2) is 0 Å². The van der Waals surface area contributed by atoms with Crippen LogP contribution in [0.5, 0.6) is 0 Å². The van der Waals surface area contributed by atoms with Crippen LogP contribution in [0.3, 0.4) is 0 Å². The van der Waals surface area contributed by atoms with E-state index in [2.05, 4.69) is 0 Å². The van der Waals surface area contributed by atoms with E-state index in [1.807, 2.05) is 13.8 Å². The summed E-state index contributed by atoms with van der Waals surface area (Å²) in [6.45, 7) is 4.26. The number of ketones is 1. The second kappa shape index (κ2) is 3.62. The normalized spacial score (nSPS) is 39.2. The fourth-order valence-electron chi connectivity index (χ4n) is 3.19. The maximum Gasteiger partial charge on any atom is 0.311 e. The molecule has 0 aromatic rings. The van der Waals surface area contributed by atoms with E-state index < -0.39 is 0 Å². The Kier molecular flexibility index (Phi) is 2.57. The van der Waals surface area contributed by atoms with Crippen molar-refractivity contribution in [3.8, 4) is 0 Å². The highest BCUT2D eigenvalue weighted by Gasteiger charge is 2.51. The van der Waals surface area contributed by atoms with Crippen LogP contribution in [0, 0.1) is 17.3 Å². The first-order valence-electron chi connectivity index (χ1n) is 5.74. The Hall–Kier alpha value is -0.860. The molecule has 2 saturated carbocycles. The van der Waals surface area contributed by atoms with Crippen LogP contribution in [0.1, 0.15) is 39.5 Å². The Balaban J connectivity index is 2.03. The monoisotopic (exact) mass is 210 g/mol. The van der Waals surface area contributed by atoms with Crippen molar-refractivity contribution >= 4 is 11.8 Å². The quantitative estimate of drug-likeness (QED) is 0.654. The molecule has 0 N–H and O–H groups in total. The smallest absolute Gasteiger partial charge is 0.311 e. The van der Waals surface area contributed by atoms with Gasteiger partial charge in [0.05, 0.1) is 12.0 Å². The molecule has 0 heterocycles. The maximum atomic E-state index is 11.8. The van der Waals surface area contributed by atoms with Gasteiger partial charge in [0.25, 0.3) is 0 Å². The molecule has 0 radical (unpaired) electrons. The van der Waals surface area contributed by atoms with Crippen LogP contribution in [-0.2, 0) is 14.3 Å². The Morgan fingerprint density at radius 2 is 1.93 bits per heavy atom. The van der Waals surface area contributed by atoms with Crippen molar-refractivity contribution in [1.29, 1.82) is 0 Å². The first kappa shape index (κ1) is 10.7. The molecule has 0 unspecified atom stereocenters. The van der Waals surface area contributed by atoms with Gasteiger partial charge < -0.3 is 4.74 Å². The van der Waals surface area contributed by atoms with Crippen molar-refractivity contribution in [3.63, 3.8) is 0 Å². The van der Waals surface area contributed by atoms with Crippen molar-refractivity contribution in [3.05, 3.63) is 0 Å². The van der Waals surface area contributed by atoms with E-state index in [9.17, 15) is 9.59 Å². The molecule has 0 saturated heterocycles. The molecule has 15 heavy (non-hydrogen) atoms. The maximum absolute atomic E-state index is 11.8. The zero-order valence-corrected chi connectivity index (χ0v) is 9.41. The Morgan fingerprint density at radius 1 is 1.40 bits per heavy atom. The molecule has 2 aliphatic carbocycles. The third kappa shape index (κ3) is 1.80. The molecule has 0 bridgehead atoms. The summed E-state index contributed by atoms with van der Waals surface area (Å²) in [5.74, 6) is 1.17. The number of ether oxygens (including phenoxy) is 1. The first-order chi connectivity index (χ1) is 7.05. The highest BCUT2D eigenvalue weighted by molar-refractivity contribution is 5.83. The molecule has 0 aliphatic heterocycles. The first-order valence-corrected chi connectivity index (χ1v) is 5.74. The van der Waals surface area contributed by atoms with E-state index >= 15 is 0 Å². The van der Waals surface area contributed by atoms with Gasteiger partial charge >= 0.3 is 5.97 Å². The molecule has 3 nitrogen and oxygen atoms in total. The predicted octanol–water partition coefficient (Wildman–Crippen LogP) is 1.94. The summed E-state index contributed by atoms with van der Waals surface area (Å²) in [5, 5.41) is 0. The summed E-state index contributed by atoms with van der Waals surface area (Å²) in [6.07, 6.45) is 3.03. The van der Waals surface area contributed by atoms with Crippen LogP contribution >= 0.6 is 0 Å². The standard InChI is InChI=1S/C12H18O3/c1-3-15-11(14)12(2)6-8-4-10(13)5-9(8)7-12/h8-9H,3-7H2,1-2H3/t8-,9+,12+. The van der Waals surface area contributed by atoms with E-state index in [0.717, 1.165) is 12.8 Å². The van der Waals surface area contributed by atoms with E-state index in [0.29, 0.717) is 37.1 Å². The third-order valence-corrected chi connectivity index (χ3v) is 3.84. The van der Waals surface area contributed by atoms with Gasteiger partial charge in [0.1, 0.15) is 5.78 Å². The van der Waals surface area contributed by atoms with E-state index in [-0.39, 0.29) is 11.4 Å². The molecule has 2 aliphatic rings. The number of carbonyl (C=O) groups excluding carboxylic acids is 2. The topological polar surface area (TPSA) is 43.4 Å². The lowest BCUT2D eigenvalue weighted by molar-refractivity contribution is -0.154. The van der Waals surface area contributed by atoms with Gasteiger partial charge in [-0.15, -0.1) is 0 Å². The molecule has 0 aromatic heterocycles. The molecule has 84 valence electrons. The van der Waals surface area contributed by atoms with E-state index in [1.165, 1.54) is 0 Å². The van der Waals surface area contributed by atoms with Gasteiger partial charge in [0, 0.05) is 12.8 Å². The molecular weight excluding hydrogens is 192 g/mol. The van der Waals surface area contributed by atoms with Crippen LogP contribution in [0.2, 0.25) is 0 Å². The number of Topliss-reactive ketones (excluding diaryl/α,β-unsaturated/α-hetero) is 1. The minimum Gasteiger partial charge on any atom is -0.466 e. The Morgan fingerprint density at radius 3 is 2.40 bits per heavy atom. The Labute approximate surface area is 90.2 Å². The number of fused-ring (bicyclic) bond motifs is 1. The number of rotatable bonds is 2. The summed E-state index contributed by atoms with van der Waals surface area (Å²) in [4.78, 5) is 23.0. The van der Waals surface area contributed by atoms with Crippen LogP contribution in [0.25, 0.3) is 0 Å². The summed E-state index contributed by atoms with van der Waals surface area (Å²) in [5.41, 5.74) is -0.327. The predicted molar refractivity (Wildman–Crippen MR) is 55.2 cm³/mol. The van der Waals surface area contributed by atoms with Gasteiger partial charge in [-0.05, 0) is 38.5 Å². The average Bonchev–Trinajstić information content (AvgIpc) is 2.59. The van der Waals surface area contributed by atoms with Crippen molar-refractivity contribution in [2.24, 2.45) is 17.3 Å². The van der Waals surface area contributed by atoms with Crippen molar-refractivity contribution in [1.82, 2.24) is 0 Å². The fourth-order valence-corrected chi connectivity index (χ4v) is 3.19. The highest BCUT2D eigenvalue weighted by atomic mass is 16.5. The molecule has 0 amide bonds. The number of esters is 1. The number of hydrogen-bond acceptors (Lipinski definition) is 3. The summed E-state index contributed by atoms with van der Waals surface area (Å²) < 4.78 is 5.10. The lowest BCUT2D eigenvalue weighted by Gasteiger charge is -2.22. The minimum absolute atomic E-state index is 0.0770. The number of hydrogen-bond donors (Lipinski definition) is 0. The Bertz CT molecular complexity index is 279. The lowest BCUT2D eigenvalue weighted by atomic mass is 9.86. The molecule has 2 fully saturated rings. The lowest BCUT2D eigenvalue weighted by Crippen LogP contribution is -2.28. The molecule has 0 spiro atoms. The number of carbonyl (C=O) groups is 2. The molecular formula is C12H18O3. The summed E-state index contributed by atoms with van der Waals surface area (Å²) in [6, 6.07) is 0. The van der Waals surface area contributed by atoms with Gasteiger partial charge in [-0.2, -0.15) is 0 Å². The van der Waals surface area contributed by atoms with Gasteiger partial charge in [-0.3, -0.25) is 9.59 Å². The molecule has 0 aromatic carbocycles. The summed E-state index contributed by atoms with van der Waals surface area (Å²) in [7, 11) is 0. The summed E-state index contributed by atoms with van der Waals surface area (Å²) >= 11 is 0. The molecule has 3 atom stereocenters. The van der Waals surface area contributed by atoms with Crippen LogP contribution in [0.15, 0.2) is 0 Å². The van der Waals surface area contributed by atoms with Gasteiger partial charge in [-0.1, -0.05) is 0 Å². The van der Waals surface area contributed by atoms with Gasteiger partial charge in [-0.25, -0.2) is 0 Å². The molecule has 3 heteroatoms. The zero-order valence-electron chi connectivity index (χ0n) is 9.41. The van der Waals surface area contributed by atoms with Crippen molar-refractivity contribution in [2.45, 2.75) is 39.5 Å². The molecule has 2 rings (SSSR count). The second-order valence-corrected chi connectivity index (χ2v) is 5.16. The van der Waals surface area contributed by atoms with Gasteiger partial charge in [0.2, 0.25) is 0 Å². The van der Waals surface area contributed by atoms with E-state index in [1.54, 1.807) is 0 Å². The van der Waals surface area contributed by atoms with Crippen LogP contribution in [0.4, 0.5) is 0 Å².